The molecule has 5 heteroatoms. The standard InChI is InChI=1S/C34H30O5/c35-30-8-1-22(2-9-30)15-24-5-12-33(38)28(17-24)19-26-7-14-34(39)29(21-26)20-25-6-13-32(37)27(18-25)16-23-3-10-31(36)11-4-23/h1-8,10-15,20-21,36-39H,9,16-19H2/b24-15+,25-20-. The van der Waals surface area contributed by atoms with Crippen LogP contribution in [-0.2, 0) is 17.6 Å². The summed E-state index contributed by atoms with van der Waals surface area (Å²) >= 11 is 0. The lowest BCUT2D eigenvalue weighted by Crippen LogP contribution is -2.02. The minimum atomic E-state index is 0.0952. The summed E-state index contributed by atoms with van der Waals surface area (Å²) in [6.45, 7) is 0. The number of phenolic OH excluding ortho intramolecular Hbond substituents is 2. The van der Waals surface area contributed by atoms with Crippen molar-refractivity contribution in [2.45, 2.75) is 32.1 Å². The molecule has 0 atom stereocenters. The van der Waals surface area contributed by atoms with Gasteiger partial charge >= 0.3 is 0 Å². The summed E-state index contributed by atoms with van der Waals surface area (Å²) < 4.78 is 0. The number of aliphatic hydroxyl groups excluding tert-OH is 2. The number of benzene rings is 2. The second kappa shape index (κ2) is 11.3. The molecule has 3 aliphatic carbocycles. The smallest absolute Gasteiger partial charge is 0.159 e. The van der Waals surface area contributed by atoms with Gasteiger partial charge in [0.25, 0.3) is 0 Å². The van der Waals surface area contributed by atoms with Gasteiger partial charge in [-0.3, -0.25) is 4.79 Å². The van der Waals surface area contributed by atoms with Crippen LogP contribution in [-0.4, -0.2) is 26.2 Å². The van der Waals surface area contributed by atoms with E-state index in [2.05, 4.69) is 0 Å². The number of allylic oxidation sites excluding steroid dienone is 13. The first-order valence-electron chi connectivity index (χ1n) is 12.9. The largest absolute Gasteiger partial charge is 0.508 e. The molecule has 3 aliphatic rings. The van der Waals surface area contributed by atoms with Crippen LogP contribution in [0.1, 0.15) is 36.0 Å². The van der Waals surface area contributed by atoms with Crippen molar-refractivity contribution in [1.29, 1.82) is 0 Å². The molecule has 0 aromatic heterocycles. The topological polar surface area (TPSA) is 98.0 Å². The van der Waals surface area contributed by atoms with Crippen LogP contribution in [0.5, 0.6) is 11.5 Å². The van der Waals surface area contributed by atoms with Crippen LogP contribution in [0, 0.1) is 0 Å². The lowest BCUT2D eigenvalue weighted by Gasteiger charge is -2.17. The van der Waals surface area contributed by atoms with Gasteiger partial charge in [-0.1, -0.05) is 48.6 Å². The summed E-state index contributed by atoms with van der Waals surface area (Å²) in [6.07, 6.45) is 19.0. The number of ketones is 1. The van der Waals surface area contributed by atoms with E-state index in [4.69, 9.17) is 0 Å². The highest BCUT2D eigenvalue weighted by Crippen LogP contribution is 2.32. The van der Waals surface area contributed by atoms with E-state index < -0.39 is 0 Å². The highest BCUT2D eigenvalue weighted by molar-refractivity contribution is 5.92. The Kier molecular flexibility index (Phi) is 7.50. The zero-order chi connectivity index (χ0) is 27.4. The molecule has 0 heterocycles. The minimum Gasteiger partial charge on any atom is -0.508 e. The molecule has 2 aromatic rings. The first-order valence-corrected chi connectivity index (χ1v) is 12.9. The van der Waals surface area contributed by atoms with E-state index in [1.807, 2.05) is 60.7 Å². The number of carbonyl (C=O) groups excluding carboxylic acids is 1. The fourth-order valence-electron chi connectivity index (χ4n) is 4.90. The molecule has 0 bridgehead atoms. The highest BCUT2D eigenvalue weighted by atomic mass is 16.3. The van der Waals surface area contributed by atoms with E-state index in [1.54, 1.807) is 36.4 Å². The van der Waals surface area contributed by atoms with E-state index in [-0.39, 0.29) is 28.8 Å². The van der Waals surface area contributed by atoms with Gasteiger partial charge in [0.05, 0.1) is 0 Å². The number of hydrogen-bond donors (Lipinski definition) is 4. The third kappa shape index (κ3) is 6.57. The van der Waals surface area contributed by atoms with Gasteiger partial charge in [-0.05, 0) is 113 Å². The minimum absolute atomic E-state index is 0.0952. The van der Waals surface area contributed by atoms with Crippen LogP contribution in [0.3, 0.4) is 0 Å². The molecule has 0 aliphatic heterocycles. The van der Waals surface area contributed by atoms with E-state index in [0.717, 1.165) is 39.0 Å². The van der Waals surface area contributed by atoms with Crippen LogP contribution in [0.15, 0.2) is 130 Å². The number of carbonyl (C=O) groups is 1. The highest BCUT2D eigenvalue weighted by Gasteiger charge is 2.15. The number of aromatic hydroxyl groups is 2. The van der Waals surface area contributed by atoms with Crippen molar-refractivity contribution in [3.63, 3.8) is 0 Å². The van der Waals surface area contributed by atoms with Crippen molar-refractivity contribution in [3.05, 3.63) is 147 Å². The van der Waals surface area contributed by atoms with Gasteiger partial charge in [0.2, 0.25) is 0 Å². The Morgan fingerprint density at radius 2 is 1.28 bits per heavy atom. The molecule has 0 unspecified atom stereocenters. The molecule has 0 amide bonds. The Hall–Kier alpha value is -4.77. The molecular weight excluding hydrogens is 488 g/mol. The fourth-order valence-corrected chi connectivity index (χ4v) is 4.90. The average molecular weight is 519 g/mol. The SMILES string of the molecule is O=C1C=CC(/C=C2\C=CC(O)=C(Cc3ccc(O)c(/C=C4/C=CC(O)=C(Cc5ccc(O)cc5)C4)c3)C2)=CC1. The van der Waals surface area contributed by atoms with Crippen molar-refractivity contribution in [1.82, 2.24) is 0 Å². The van der Waals surface area contributed by atoms with Crippen molar-refractivity contribution in [3.8, 4) is 11.5 Å². The normalized spacial score (nSPS) is 19.4. The van der Waals surface area contributed by atoms with E-state index in [1.165, 1.54) is 0 Å². The second-order valence-electron chi connectivity index (χ2n) is 10.1. The van der Waals surface area contributed by atoms with Crippen LogP contribution >= 0.6 is 0 Å². The summed E-state index contributed by atoms with van der Waals surface area (Å²) in [5.74, 6) is 0.941. The molecule has 0 radical (unpaired) electrons. The maximum atomic E-state index is 11.4. The number of aliphatic hydroxyl groups is 2. The molecule has 0 saturated heterocycles. The molecule has 5 rings (SSSR count). The average Bonchev–Trinajstić information content (AvgIpc) is 2.92. The first kappa shape index (κ1) is 25.9. The van der Waals surface area contributed by atoms with E-state index >= 15 is 0 Å². The summed E-state index contributed by atoms with van der Waals surface area (Å²) in [7, 11) is 0. The predicted molar refractivity (Wildman–Crippen MR) is 153 cm³/mol. The summed E-state index contributed by atoms with van der Waals surface area (Å²) in [4.78, 5) is 11.4. The van der Waals surface area contributed by atoms with Gasteiger partial charge in [-0.2, -0.15) is 0 Å². The van der Waals surface area contributed by atoms with Gasteiger partial charge in [0.15, 0.2) is 5.78 Å². The summed E-state index contributed by atoms with van der Waals surface area (Å²) in [6, 6.07) is 12.4. The van der Waals surface area contributed by atoms with Crippen LogP contribution in [0.2, 0.25) is 0 Å². The Bertz CT molecular complexity index is 1550. The molecule has 39 heavy (non-hydrogen) atoms. The van der Waals surface area contributed by atoms with Gasteiger partial charge in [0, 0.05) is 12.0 Å². The maximum absolute atomic E-state index is 11.4. The van der Waals surface area contributed by atoms with Crippen LogP contribution in [0.25, 0.3) is 6.08 Å². The molecule has 5 nitrogen and oxygen atoms in total. The summed E-state index contributed by atoms with van der Waals surface area (Å²) in [5, 5.41) is 41.1. The second-order valence-corrected chi connectivity index (χ2v) is 10.1. The molecule has 4 N–H and O–H groups in total. The Labute approximate surface area is 227 Å². The molecule has 2 aromatic carbocycles. The van der Waals surface area contributed by atoms with E-state index in [0.29, 0.717) is 37.7 Å². The zero-order valence-electron chi connectivity index (χ0n) is 21.5. The van der Waals surface area contributed by atoms with Crippen molar-refractivity contribution in [2.24, 2.45) is 0 Å². The molecule has 0 spiro atoms. The molecular formula is C34H30O5. The Morgan fingerprint density at radius 3 is 1.92 bits per heavy atom. The number of phenols is 2. The van der Waals surface area contributed by atoms with Gasteiger partial charge in [0.1, 0.15) is 23.0 Å². The molecule has 0 saturated carbocycles. The lowest BCUT2D eigenvalue weighted by atomic mass is 9.90. The maximum Gasteiger partial charge on any atom is 0.159 e. The first-order chi connectivity index (χ1) is 18.8. The third-order valence-corrected chi connectivity index (χ3v) is 7.03. The predicted octanol–water partition coefficient (Wildman–Crippen LogP) is 7.19. The monoisotopic (exact) mass is 518 g/mol. The van der Waals surface area contributed by atoms with E-state index in [9.17, 15) is 25.2 Å². The van der Waals surface area contributed by atoms with Gasteiger partial charge in [-0.15, -0.1) is 0 Å². The van der Waals surface area contributed by atoms with Gasteiger partial charge in [-0.25, -0.2) is 0 Å². The number of rotatable bonds is 6. The van der Waals surface area contributed by atoms with Crippen molar-refractivity contribution >= 4 is 11.9 Å². The quantitative estimate of drug-likeness (QED) is 0.324. The van der Waals surface area contributed by atoms with Crippen LogP contribution in [0.4, 0.5) is 0 Å². The molecule has 0 fully saturated rings. The Balaban J connectivity index is 1.31. The van der Waals surface area contributed by atoms with Gasteiger partial charge < -0.3 is 20.4 Å². The lowest BCUT2D eigenvalue weighted by molar-refractivity contribution is -0.113. The van der Waals surface area contributed by atoms with Crippen molar-refractivity contribution < 1.29 is 25.2 Å². The third-order valence-electron chi connectivity index (χ3n) is 7.03. The zero-order valence-corrected chi connectivity index (χ0v) is 21.5. The fraction of sp³-hybridized carbons (Fsp3) is 0.147. The van der Waals surface area contributed by atoms with Crippen LogP contribution < -0.4 is 0 Å². The summed E-state index contributed by atoms with van der Waals surface area (Å²) in [5.41, 5.74) is 7.35. The molecule has 196 valence electrons. The van der Waals surface area contributed by atoms with Crippen molar-refractivity contribution in [2.75, 3.05) is 0 Å². The number of hydrogen-bond acceptors (Lipinski definition) is 5. The Morgan fingerprint density at radius 1 is 0.667 bits per heavy atom.